The smallest absolute Gasteiger partial charge is 0.307 e. The number of hydrogen-bond donors (Lipinski definition) is 0. The highest BCUT2D eigenvalue weighted by atomic mass is 16.4. The molecule has 0 radical (unpaired) electrons. The molecule has 13 rings (SSSR count). The maximum absolute atomic E-state index is 6.74. The molecule has 0 saturated heterocycles. The van der Waals surface area contributed by atoms with E-state index in [1.165, 1.54) is 0 Å². The summed E-state index contributed by atoms with van der Waals surface area (Å²) in [4.78, 5) is 21.3. The summed E-state index contributed by atoms with van der Waals surface area (Å²) >= 11 is 0. The maximum atomic E-state index is 6.74. The number of para-hydroxylation sites is 2. The number of hydrogen-bond acceptors (Lipinski definition) is 5. The third-order valence-electron chi connectivity index (χ3n) is 11.8. The van der Waals surface area contributed by atoms with Crippen LogP contribution in [-0.2, 0) is 0 Å². The minimum absolute atomic E-state index is 0.496. The molecular weight excluding hydrogens is 725 g/mol. The first-order chi connectivity index (χ1) is 29.2. The van der Waals surface area contributed by atoms with Crippen LogP contribution in [0.1, 0.15) is 0 Å². The van der Waals surface area contributed by atoms with E-state index in [0.29, 0.717) is 23.6 Å². The van der Waals surface area contributed by atoms with Crippen LogP contribution in [0.3, 0.4) is 0 Å². The molecule has 0 bridgehead atoms. The van der Waals surface area contributed by atoms with Crippen LogP contribution in [0, 0.1) is 0 Å². The molecule has 13 aromatic rings. The second kappa shape index (κ2) is 12.2. The molecule has 9 aromatic carbocycles. The van der Waals surface area contributed by atoms with Crippen molar-refractivity contribution < 1.29 is 4.42 Å². The Labute approximate surface area is 336 Å². The minimum Gasteiger partial charge on any atom is -0.423 e. The molecule has 0 amide bonds. The second-order valence-corrected chi connectivity index (χ2v) is 15.1. The highest BCUT2D eigenvalue weighted by Gasteiger charge is 2.25. The highest BCUT2D eigenvalue weighted by molar-refractivity contribution is 6.23. The van der Waals surface area contributed by atoms with E-state index in [2.05, 4.69) is 179 Å². The Kier molecular flexibility index (Phi) is 6.60. The summed E-state index contributed by atoms with van der Waals surface area (Å²) in [6.45, 7) is 0. The molecule has 7 nitrogen and oxygen atoms in total. The van der Waals surface area contributed by atoms with Gasteiger partial charge < -0.3 is 4.42 Å². The van der Waals surface area contributed by atoms with Crippen LogP contribution >= 0.6 is 0 Å². The average Bonchev–Trinajstić information content (AvgIpc) is 3.99. The lowest BCUT2D eigenvalue weighted by atomic mass is 10.0. The van der Waals surface area contributed by atoms with E-state index in [1.807, 2.05) is 12.1 Å². The number of aromatic nitrogens is 6. The van der Waals surface area contributed by atoms with Crippen molar-refractivity contribution in [1.29, 1.82) is 0 Å². The standard InChI is InChI=1S/C52H30N6O/c1-2-15-34-30-35(25-24-31(34)12-1)49-54-50(42-21-11-16-32-13-3-5-17-36(32)42)56-51(55-49)57-43-22-9-7-19-38(43)40-27-28-41-39-20-8-10-23-44(39)58(48(41)47(40)57)52-53-46-37-18-6-4-14-33(37)26-29-45(46)59-52/h1-30H. The second-order valence-electron chi connectivity index (χ2n) is 15.1. The number of fused-ring (bicyclic) bond motifs is 12. The number of oxazole rings is 1. The van der Waals surface area contributed by atoms with Gasteiger partial charge in [-0.15, -0.1) is 0 Å². The number of nitrogens with zero attached hydrogens (tertiary/aromatic N) is 6. The summed E-state index contributed by atoms with van der Waals surface area (Å²) < 4.78 is 11.1. The van der Waals surface area contributed by atoms with Crippen molar-refractivity contribution in [2.75, 3.05) is 0 Å². The fourth-order valence-electron chi connectivity index (χ4n) is 9.12. The van der Waals surface area contributed by atoms with Crippen LogP contribution in [-0.4, -0.2) is 29.1 Å². The molecule has 0 fully saturated rings. The third kappa shape index (κ3) is 4.70. The largest absolute Gasteiger partial charge is 0.423 e. The molecule has 0 aliphatic rings. The molecule has 4 heterocycles. The van der Waals surface area contributed by atoms with Gasteiger partial charge in [-0.2, -0.15) is 15.0 Å². The van der Waals surface area contributed by atoms with Gasteiger partial charge in [0.05, 0.1) is 22.1 Å². The normalized spacial score (nSPS) is 12.1. The summed E-state index contributed by atoms with van der Waals surface area (Å²) in [6, 6.07) is 63.8. The zero-order chi connectivity index (χ0) is 38.6. The Morgan fingerprint density at radius 2 is 0.949 bits per heavy atom. The molecule has 0 unspecified atom stereocenters. The molecular formula is C52H30N6O. The molecule has 0 aliphatic carbocycles. The van der Waals surface area contributed by atoms with Gasteiger partial charge in [0.1, 0.15) is 5.52 Å². The van der Waals surface area contributed by atoms with Gasteiger partial charge in [0.15, 0.2) is 17.2 Å². The maximum Gasteiger partial charge on any atom is 0.307 e. The molecule has 59 heavy (non-hydrogen) atoms. The van der Waals surface area contributed by atoms with Crippen molar-refractivity contribution in [3.63, 3.8) is 0 Å². The van der Waals surface area contributed by atoms with Crippen LogP contribution in [0.2, 0.25) is 0 Å². The number of rotatable bonds is 4. The molecule has 274 valence electrons. The lowest BCUT2D eigenvalue weighted by Gasteiger charge is -2.13. The predicted octanol–water partition coefficient (Wildman–Crippen LogP) is 13.0. The summed E-state index contributed by atoms with van der Waals surface area (Å²) in [6.07, 6.45) is 0. The summed E-state index contributed by atoms with van der Waals surface area (Å²) in [5.74, 6) is 1.71. The van der Waals surface area contributed by atoms with E-state index in [1.54, 1.807) is 0 Å². The highest BCUT2D eigenvalue weighted by Crippen LogP contribution is 2.42. The van der Waals surface area contributed by atoms with E-state index in [4.69, 9.17) is 24.4 Å². The molecule has 0 aliphatic heterocycles. The van der Waals surface area contributed by atoms with E-state index in [-0.39, 0.29) is 0 Å². The van der Waals surface area contributed by atoms with E-state index in [9.17, 15) is 0 Å². The van der Waals surface area contributed by atoms with Gasteiger partial charge >= 0.3 is 6.01 Å². The van der Waals surface area contributed by atoms with Crippen molar-refractivity contribution in [2.45, 2.75) is 0 Å². The fourth-order valence-corrected chi connectivity index (χ4v) is 9.12. The van der Waals surface area contributed by atoms with Crippen molar-refractivity contribution in [3.05, 3.63) is 182 Å². The van der Waals surface area contributed by atoms with Crippen molar-refractivity contribution in [1.82, 2.24) is 29.1 Å². The SMILES string of the molecule is c1ccc2cc(-c3nc(-c4cccc5ccccc45)nc(-n4c5ccccc5c5ccc6c7ccccc7n(-c7nc8c(ccc9ccccc98)o7)c6c54)n3)ccc2c1. The van der Waals surface area contributed by atoms with Gasteiger partial charge in [0.25, 0.3) is 0 Å². The lowest BCUT2D eigenvalue weighted by molar-refractivity contribution is 0.574. The van der Waals surface area contributed by atoms with Gasteiger partial charge in [-0.05, 0) is 51.2 Å². The lowest BCUT2D eigenvalue weighted by Crippen LogP contribution is -2.07. The molecule has 0 atom stereocenters. The quantitative estimate of drug-likeness (QED) is 0.179. The molecule has 0 N–H and O–H groups in total. The van der Waals surface area contributed by atoms with Gasteiger partial charge in [-0.25, -0.2) is 4.98 Å². The van der Waals surface area contributed by atoms with E-state index in [0.717, 1.165) is 98.2 Å². The van der Waals surface area contributed by atoms with Gasteiger partial charge in [-0.3, -0.25) is 9.13 Å². The van der Waals surface area contributed by atoms with Crippen LogP contribution in [0.4, 0.5) is 0 Å². The Morgan fingerprint density at radius 1 is 0.373 bits per heavy atom. The molecule has 0 saturated carbocycles. The van der Waals surface area contributed by atoms with Gasteiger partial charge in [0, 0.05) is 38.1 Å². The van der Waals surface area contributed by atoms with Gasteiger partial charge in [-0.1, -0.05) is 158 Å². The van der Waals surface area contributed by atoms with Crippen molar-refractivity contribution >= 4 is 87.0 Å². The van der Waals surface area contributed by atoms with Crippen molar-refractivity contribution in [3.8, 4) is 34.7 Å². The zero-order valence-electron chi connectivity index (χ0n) is 31.4. The van der Waals surface area contributed by atoms with Crippen LogP contribution in [0.15, 0.2) is 186 Å². The Hall–Kier alpha value is -8.16. The zero-order valence-corrected chi connectivity index (χ0v) is 31.4. The Bertz CT molecular complexity index is 3870. The van der Waals surface area contributed by atoms with Crippen LogP contribution in [0.25, 0.3) is 122 Å². The summed E-state index contributed by atoms with van der Waals surface area (Å²) in [5, 5.41) is 11.0. The Morgan fingerprint density at radius 3 is 1.73 bits per heavy atom. The molecule has 7 heteroatoms. The Balaban J connectivity index is 1.17. The van der Waals surface area contributed by atoms with Crippen LogP contribution < -0.4 is 0 Å². The average molecular weight is 755 g/mol. The first-order valence-corrected chi connectivity index (χ1v) is 19.7. The topological polar surface area (TPSA) is 74.6 Å². The van der Waals surface area contributed by atoms with Gasteiger partial charge in [0.2, 0.25) is 5.95 Å². The van der Waals surface area contributed by atoms with Crippen LogP contribution in [0.5, 0.6) is 0 Å². The molecule has 0 spiro atoms. The van der Waals surface area contributed by atoms with E-state index < -0.39 is 0 Å². The predicted molar refractivity (Wildman–Crippen MR) is 239 cm³/mol. The fraction of sp³-hybridized carbons (Fsp3) is 0. The third-order valence-corrected chi connectivity index (χ3v) is 11.8. The first-order valence-electron chi connectivity index (χ1n) is 19.7. The first kappa shape index (κ1) is 32.0. The summed E-state index contributed by atoms with van der Waals surface area (Å²) in [7, 11) is 0. The number of benzene rings is 9. The van der Waals surface area contributed by atoms with Crippen molar-refractivity contribution in [2.24, 2.45) is 0 Å². The molecule has 4 aromatic heterocycles. The van der Waals surface area contributed by atoms with E-state index >= 15 is 0 Å². The summed E-state index contributed by atoms with van der Waals surface area (Å²) in [5.41, 5.74) is 7.28. The monoisotopic (exact) mass is 754 g/mol. The minimum atomic E-state index is 0.496.